The van der Waals surface area contributed by atoms with Crippen LogP contribution in [0.5, 0.6) is 5.75 Å². The van der Waals surface area contributed by atoms with Crippen molar-refractivity contribution in [1.82, 2.24) is 19.6 Å². The summed E-state index contributed by atoms with van der Waals surface area (Å²) in [6.45, 7) is 4.27. The maximum atomic E-state index is 10.7. The molecule has 0 radical (unpaired) electrons. The van der Waals surface area contributed by atoms with E-state index in [1.54, 1.807) is 16.6 Å². The van der Waals surface area contributed by atoms with Gasteiger partial charge in [0.25, 0.3) is 11.5 Å². The highest BCUT2D eigenvalue weighted by molar-refractivity contribution is 7.99. The van der Waals surface area contributed by atoms with E-state index in [-0.39, 0.29) is 5.69 Å². The number of hydrogen-bond donors (Lipinski definition) is 0. The fourth-order valence-corrected chi connectivity index (χ4v) is 2.82. The van der Waals surface area contributed by atoms with E-state index >= 15 is 0 Å². The minimum atomic E-state index is -0.445. The second kappa shape index (κ2) is 6.83. The Kier molecular flexibility index (Phi) is 4.61. The highest BCUT2D eigenvalue weighted by Gasteiger charge is 2.09. The van der Waals surface area contributed by atoms with Gasteiger partial charge in [-0.1, -0.05) is 17.8 Å². The molecule has 2 aromatic heterocycles. The van der Waals surface area contributed by atoms with Gasteiger partial charge in [0, 0.05) is 23.2 Å². The number of benzene rings is 1. The Morgan fingerprint density at radius 1 is 1.29 bits per heavy atom. The SMILES string of the molecule is Cc1cc(C)n2nc(SCCOc3cccc([N+](=O)[O-])c3)nc2n1. The number of thioether (sulfide) groups is 1. The fourth-order valence-electron chi connectivity index (χ4n) is 2.19. The zero-order valence-corrected chi connectivity index (χ0v) is 14.0. The van der Waals surface area contributed by atoms with Crippen molar-refractivity contribution in [3.8, 4) is 5.75 Å². The summed E-state index contributed by atoms with van der Waals surface area (Å²) in [6.07, 6.45) is 0. The summed E-state index contributed by atoms with van der Waals surface area (Å²) in [5, 5.41) is 15.7. The average molecular weight is 345 g/mol. The summed E-state index contributed by atoms with van der Waals surface area (Å²) >= 11 is 1.45. The van der Waals surface area contributed by atoms with Gasteiger partial charge in [-0.05, 0) is 26.0 Å². The van der Waals surface area contributed by atoms with Crippen LogP contribution in [0.25, 0.3) is 5.78 Å². The predicted molar refractivity (Wildman–Crippen MR) is 89.6 cm³/mol. The molecule has 0 unspecified atom stereocenters. The maximum Gasteiger partial charge on any atom is 0.273 e. The van der Waals surface area contributed by atoms with Crippen LogP contribution in [-0.4, -0.2) is 36.9 Å². The molecule has 2 heterocycles. The minimum Gasteiger partial charge on any atom is -0.492 e. The quantitative estimate of drug-likeness (QED) is 0.293. The van der Waals surface area contributed by atoms with Crippen LogP contribution < -0.4 is 4.74 Å². The van der Waals surface area contributed by atoms with Crippen molar-refractivity contribution in [2.24, 2.45) is 0 Å². The van der Waals surface area contributed by atoms with E-state index in [2.05, 4.69) is 15.1 Å². The van der Waals surface area contributed by atoms with E-state index in [9.17, 15) is 10.1 Å². The molecule has 24 heavy (non-hydrogen) atoms. The van der Waals surface area contributed by atoms with E-state index in [0.717, 1.165) is 11.4 Å². The number of nitro groups is 1. The molecule has 0 atom stereocenters. The Morgan fingerprint density at radius 3 is 2.92 bits per heavy atom. The van der Waals surface area contributed by atoms with E-state index < -0.39 is 4.92 Å². The maximum absolute atomic E-state index is 10.7. The molecule has 0 saturated carbocycles. The summed E-state index contributed by atoms with van der Waals surface area (Å²) in [5.74, 6) is 1.67. The molecule has 0 amide bonds. The molecule has 0 bridgehead atoms. The number of non-ortho nitro benzene ring substituents is 1. The smallest absolute Gasteiger partial charge is 0.273 e. The second-order valence-corrected chi connectivity index (χ2v) is 6.16. The van der Waals surface area contributed by atoms with E-state index in [1.807, 2.05) is 19.9 Å². The first-order valence-electron chi connectivity index (χ1n) is 7.24. The average Bonchev–Trinajstić information content (AvgIpc) is 2.95. The predicted octanol–water partition coefficient (Wildman–Crippen LogP) is 2.82. The van der Waals surface area contributed by atoms with Crippen molar-refractivity contribution >= 4 is 23.2 Å². The third kappa shape index (κ3) is 3.62. The van der Waals surface area contributed by atoms with Crippen LogP contribution in [0.1, 0.15) is 11.4 Å². The molecular formula is C15H15N5O3S. The Hall–Kier alpha value is -2.68. The Bertz CT molecular complexity index is 896. The number of rotatable bonds is 6. The zero-order chi connectivity index (χ0) is 17.1. The lowest BCUT2D eigenvalue weighted by atomic mass is 10.3. The first kappa shape index (κ1) is 16.2. The Balaban J connectivity index is 1.58. The molecule has 3 rings (SSSR count). The first-order chi connectivity index (χ1) is 11.5. The normalized spacial score (nSPS) is 10.9. The van der Waals surface area contributed by atoms with Gasteiger partial charge < -0.3 is 4.74 Å². The van der Waals surface area contributed by atoms with Crippen LogP contribution in [0.4, 0.5) is 5.69 Å². The zero-order valence-electron chi connectivity index (χ0n) is 13.2. The summed E-state index contributed by atoms with van der Waals surface area (Å²) in [5.41, 5.74) is 1.89. The van der Waals surface area contributed by atoms with E-state index in [0.29, 0.717) is 29.0 Å². The minimum absolute atomic E-state index is 0.0130. The number of hydrogen-bond acceptors (Lipinski definition) is 7. The van der Waals surface area contributed by atoms with Crippen molar-refractivity contribution in [3.63, 3.8) is 0 Å². The van der Waals surface area contributed by atoms with Crippen LogP contribution in [-0.2, 0) is 0 Å². The lowest BCUT2D eigenvalue weighted by molar-refractivity contribution is -0.384. The molecule has 9 heteroatoms. The Labute approximate surface area is 142 Å². The van der Waals surface area contributed by atoms with Crippen molar-refractivity contribution in [2.75, 3.05) is 12.4 Å². The van der Waals surface area contributed by atoms with Crippen LogP contribution in [0.2, 0.25) is 0 Å². The third-order valence-electron chi connectivity index (χ3n) is 3.21. The monoisotopic (exact) mass is 345 g/mol. The molecular weight excluding hydrogens is 330 g/mol. The molecule has 0 aliphatic rings. The van der Waals surface area contributed by atoms with Crippen LogP contribution in [0.15, 0.2) is 35.5 Å². The van der Waals surface area contributed by atoms with Gasteiger partial charge in [-0.15, -0.1) is 5.10 Å². The lowest BCUT2D eigenvalue weighted by Crippen LogP contribution is -2.01. The molecule has 0 fully saturated rings. The van der Waals surface area contributed by atoms with Gasteiger partial charge in [0.1, 0.15) is 5.75 Å². The van der Waals surface area contributed by atoms with Crippen molar-refractivity contribution in [2.45, 2.75) is 19.0 Å². The van der Waals surface area contributed by atoms with E-state index in [1.165, 1.54) is 23.9 Å². The molecule has 0 saturated heterocycles. The second-order valence-electron chi connectivity index (χ2n) is 5.10. The molecule has 0 N–H and O–H groups in total. The standard InChI is InChI=1S/C15H15N5O3S/c1-10-8-11(2)19-14(16-10)17-15(18-19)24-7-6-23-13-5-3-4-12(9-13)20(21)22/h3-5,8-9H,6-7H2,1-2H3. The van der Waals surface area contributed by atoms with Gasteiger partial charge in [0.05, 0.1) is 17.6 Å². The molecule has 0 aliphatic carbocycles. The largest absolute Gasteiger partial charge is 0.492 e. The van der Waals surface area contributed by atoms with Crippen LogP contribution >= 0.6 is 11.8 Å². The summed E-state index contributed by atoms with van der Waals surface area (Å²) in [6, 6.07) is 8.07. The fraction of sp³-hybridized carbons (Fsp3) is 0.267. The summed E-state index contributed by atoms with van der Waals surface area (Å²) in [7, 11) is 0. The molecule has 124 valence electrons. The van der Waals surface area contributed by atoms with Crippen LogP contribution in [0, 0.1) is 24.0 Å². The molecule has 0 spiro atoms. The summed E-state index contributed by atoms with van der Waals surface area (Å²) < 4.78 is 7.24. The van der Waals surface area contributed by atoms with Crippen LogP contribution in [0.3, 0.4) is 0 Å². The third-order valence-corrected chi connectivity index (χ3v) is 4.01. The van der Waals surface area contributed by atoms with Gasteiger partial charge in [0.2, 0.25) is 5.16 Å². The number of fused-ring (bicyclic) bond motifs is 1. The first-order valence-corrected chi connectivity index (χ1v) is 8.22. The number of ether oxygens (including phenoxy) is 1. The molecule has 8 nitrogen and oxygen atoms in total. The van der Waals surface area contributed by atoms with Crippen molar-refractivity contribution in [3.05, 3.63) is 51.8 Å². The van der Waals surface area contributed by atoms with Gasteiger partial charge in [0.15, 0.2) is 0 Å². The van der Waals surface area contributed by atoms with Gasteiger partial charge in [-0.3, -0.25) is 10.1 Å². The molecule has 3 aromatic rings. The molecule has 1 aromatic carbocycles. The summed E-state index contributed by atoms with van der Waals surface area (Å²) in [4.78, 5) is 19.0. The lowest BCUT2D eigenvalue weighted by Gasteiger charge is -2.04. The highest BCUT2D eigenvalue weighted by Crippen LogP contribution is 2.20. The van der Waals surface area contributed by atoms with Crippen molar-refractivity contribution in [1.29, 1.82) is 0 Å². The van der Waals surface area contributed by atoms with E-state index in [4.69, 9.17) is 4.74 Å². The Morgan fingerprint density at radius 2 is 2.12 bits per heavy atom. The van der Waals surface area contributed by atoms with Crippen molar-refractivity contribution < 1.29 is 9.66 Å². The number of aryl methyl sites for hydroxylation is 2. The molecule has 0 aliphatic heterocycles. The number of nitro benzene ring substituents is 1. The highest BCUT2D eigenvalue weighted by atomic mass is 32.2. The topological polar surface area (TPSA) is 95.5 Å². The van der Waals surface area contributed by atoms with Gasteiger partial charge in [-0.25, -0.2) is 9.50 Å². The van der Waals surface area contributed by atoms with Gasteiger partial charge in [-0.2, -0.15) is 4.98 Å². The number of aromatic nitrogens is 4. The van der Waals surface area contributed by atoms with Gasteiger partial charge >= 0.3 is 0 Å². The number of nitrogens with zero attached hydrogens (tertiary/aromatic N) is 5.